The molecule has 46 heavy (non-hydrogen) atoms. The molecular weight excluding hydrogens is 618 g/mol. The molecule has 6 atom stereocenters. The summed E-state index contributed by atoms with van der Waals surface area (Å²) in [6.07, 6.45) is 4.56. The molecule has 3 aliphatic heterocycles. The molecule has 3 amide bonds. The molecule has 2 bridgehead atoms. The minimum atomic E-state index is -0.965. The number of amides is 3. The third-order valence-electron chi connectivity index (χ3n) is 9.77. The zero-order valence-electron chi connectivity index (χ0n) is 25.8. The number of fused-ring (bicyclic) bond motifs is 1. The number of carbonyl (C=O) groups excluding carboxylic acids is 3. The molecule has 238 valence electrons. The Morgan fingerprint density at radius 1 is 0.957 bits per heavy atom. The normalized spacial score (nSPS) is 26.8. The van der Waals surface area contributed by atoms with Crippen LogP contribution in [-0.4, -0.2) is 63.0 Å². The van der Waals surface area contributed by atoms with Gasteiger partial charge in [-0.2, -0.15) is 0 Å². The molecule has 0 aliphatic carbocycles. The van der Waals surface area contributed by atoms with Crippen LogP contribution in [-0.2, 0) is 14.4 Å². The number of benzene rings is 3. The van der Waals surface area contributed by atoms with Gasteiger partial charge in [0.15, 0.2) is 0 Å². The lowest BCUT2D eigenvalue weighted by atomic mass is 9.66. The molecule has 7 nitrogen and oxygen atoms in total. The van der Waals surface area contributed by atoms with Crippen LogP contribution >= 0.6 is 23.4 Å². The summed E-state index contributed by atoms with van der Waals surface area (Å²) >= 11 is 8.24. The Labute approximate surface area is 279 Å². The SMILES string of the molecule is C=CCN(C(=O)[C@@H]1[C@H]2C(=O)N([C@H](CO)c3ccccc3)C(C(=O)N(CC=C)c3ccccc3Cl)C23CC[C@@]1(C)S3)c1ccccc1. The van der Waals surface area contributed by atoms with E-state index in [-0.39, 0.29) is 37.4 Å². The smallest absolute Gasteiger partial charge is 0.251 e. The van der Waals surface area contributed by atoms with Crippen LogP contribution in [0.5, 0.6) is 0 Å². The van der Waals surface area contributed by atoms with Crippen LogP contribution in [0.25, 0.3) is 0 Å². The van der Waals surface area contributed by atoms with E-state index < -0.39 is 33.4 Å². The van der Waals surface area contributed by atoms with E-state index in [2.05, 4.69) is 20.1 Å². The predicted molar refractivity (Wildman–Crippen MR) is 185 cm³/mol. The van der Waals surface area contributed by atoms with Crippen LogP contribution in [0.15, 0.2) is 110 Å². The maximum atomic E-state index is 15.1. The van der Waals surface area contributed by atoms with Crippen LogP contribution in [0, 0.1) is 11.8 Å². The van der Waals surface area contributed by atoms with Crippen LogP contribution in [0.4, 0.5) is 11.4 Å². The van der Waals surface area contributed by atoms with Gasteiger partial charge in [0.1, 0.15) is 6.04 Å². The van der Waals surface area contributed by atoms with E-state index in [0.717, 1.165) is 5.69 Å². The number of aliphatic hydroxyl groups is 1. The Hall–Kier alpha value is -3.85. The highest BCUT2D eigenvalue weighted by Crippen LogP contribution is 2.72. The van der Waals surface area contributed by atoms with Crippen molar-refractivity contribution in [2.45, 2.75) is 41.3 Å². The van der Waals surface area contributed by atoms with Crippen molar-refractivity contribution in [1.29, 1.82) is 0 Å². The fraction of sp³-hybridized carbons (Fsp3) is 0.324. The summed E-state index contributed by atoms with van der Waals surface area (Å²) in [7, 11) is 0. The van der Waals surface area contributed by atoms with Crippen LogP contribution in [0.1, 0.15) is 31.4 Å². The number of hydrogen-bond acceptors (Lipinski definition) is 5. The Balaban J connectivity index is 1.51. The summed E-state index contributed by atoms with van der Waals surface area (Å²) in [5.41, 5.74) is 1.95. The lowest BCUT2D eigenvalue weighted by molar-refractivity contribution is -0.142. The van der Waals surface area contributed by atoms with Gasteiger partial charge in [0.2, 0.25) is 11.8 Å². The molecule has 1 N–H and O–H groups in total. The maximum absolute atomic E-state index is 15.1. The molecule has 2 unspecified atom stereocenters. The third-order valence-corrected chi connectivity index (χ3v) is 12.1. The predicted octanol–water partition coefficient (Wildman–Crippen LogP) is 6.29. The fourth-order valence-electron chi connectivity index (χ4n) is 7.87. The van der Waals surface area contributed by atoms with Crippen molar-refractivity contribution in [3.8, 4) is 0 Å². The van der Waals surface area contributed by atoms with Gasteiger partial charge in [-0.3, -0.25) is 14.4 Å². The van der Waals surface area contributed by atoms with Gasteiger partial charge in [0.25, 0.3) is 5.91 Å². The van der Waals surface area contributed by atoms with Crippen LogP contribution in [0.3, 0.4) is 0 Å². The molecule has 9 heteroatoms. The zero-order chi connectivity index (χ0) is 32.6. The van der Waals surface area contributed by atoms with Crippen molar-refractivity contribution in [3.05, 3.63) is 121 Å². The minimum absolute atomic E-state index is 0.164. The number of likely N-dealkylation sites (tertiary alicyclic amines) is 1. The minimum Gasteiger partial charge on any atom is -0.394 e. The van der Waals surface area contributed by atoms with Gasteiger partial charge in [0.05, 0.1) is 39.9 Å². The number of aliphatic hydroxyl groups excluding tert-OH is 1. The highest BCUT2D eigenvalue weighted by atomic mass is 35.5. The summed E-state index contributed by atoms with van der Waals surface area (Å²) < 4.78 is -1.48. The number of nitrogens with zero attached hydrogens (tertiary/aromatic N) is 3. The first-order valence-corrected chi connectivity index (χ1v) is 16.7. The fourth-order valence-corrected chi connectivity index (χ4v) is 10.4. The number of rotatable bonds is 11. The van der Waals surface area contributed by atoms with Gasteiger partial charge in [0, 0.05) is 23.5 Å². The van der Waals surface area contributed by atoms with Crippen molar-refractivity contribution < 1.29 is 19.5 Å². The Bertz CT molecular complexity index is 1650. The summed E-state index contributed by atoms with van der Waals surface area (Å²) in [6, 6.07) is 24.0. The van der Waals surface area contributed by atoms with Crippen LogP contribution < -0.4 is 9.80 Å². The highest BCUT2D eigenvalue weighted by molar-refractivity contribution is 8.02. The largest absolute Gasteiger partial charge is 0.394 e. The lowest BCUT2D eigenvalue weighted by Gasteiger charge is -2.40. The molecule has 1 spiro atoms. The second-order valence-corrected chi connectivity index (χ2v) is 14.6. The standard InChI is InChI=1S/C37H38ClN3O4S/c1-4-22-39(26-16-10-7-11-17-26)33(43)30-31-34(44)41(29(24-42)25-14-8-6-9-15-25)32(37(31)21-20-36(30,3)46-37)35(45)40(23-5-2)28-19-13-12-18-27(28)38/h4-19,29-32,42H,1-2,20-24H2,3H3/t29-,30+,31+,32?,36-,37?/m1/s1. The molecule has 0 aromatic heterocycles. The Morgan fingerprint density at radius 3 is 2.20 bits per heavy atom. The lowest BCUT2D eigenvalue weighted by Crippen LogP contribution is -2.56. The van der Waals surface area contributed by atoms with E-state index in [1.165, 1.54) is 0 Å². The molecule has 3 fully saturated rings. The molecule has 3 heterocycles. The van der Waals surface area contributed by atoms with E-state index in [4.69, 9.17) is 11.6 Å². The van der Waals surface area contributed by atoms with E-state index >= 15 is 9.59 Å². The van der Waals surface area contributed by atoms with Crippen molar-refractivity contribution in [3.63, 3.8) is 0 Å². The summed E-state index contributed by atoms with van der Waals surface area (Å²) in [5.74, 6) is -2.23. The first kappa shape index (κ1) is 32.1. The monoisotopic (exact) mass is 655 g/mol. The van der Waals surface area contributed by atoms with Crippen molar-refractivity contribution in [1.82, 2.24) is 4.90 Å². The Morgan fingerprint density at radius 2 is 1.57 bits per heavy atom. The van der Waals surface area contributed by atoms with Gasteiger partial charge in [-0.05, 0) is 49.6 Å². The van der Waals surface area contributed by atoms with Crippen molar-refractivity contribution in [2.24, 2.45) is 11.8 Å². The topological polar surface area (TPSA) is 81.2 Å². The summed E-state index contributed by atoms with van der Waals surface area (Å²) in [4.78, 5) is 49.7. The van der Waals surface area contributed by atoms with Crippen molar-refractivity contribution in [2.75, 3.05) is 29.5 Å². The van der Waals surface area contributed by atoms with Crippen LogP contribution in [0.2, 0.25) is 5.02 Å². The number of hydrogen-bond donors (Lipinski definition) is 1. The second kappa shape index (κ2) is 12.7. The number of halogens is 1. The second-order valence-electron chi connectivity index (χ2n) is 12.3. The summed E-state index contributed by atoms with van der Waals surface area (Å²) in [5, 5.41) is 11.3. The van der Waals surface area contributed by atoms with Gasteiger partial charge in [-0.25, -0.2) is 0 Å². The quantitative estimate of drug-likeness (QED) is 0.246. The van der Waals surface area contributed by atoms with Gasteiger partial charge in [-0.1, -0.05) is 84.4 Å². The Kier molecular flexibility index (Phi) is 8.89. The van der Waals surface area contributed by atoms with Crippen molar-refractivity contribution >= 4 is 52.5 Å². The van der Waals surface area contributed by atoms with E-state index in [9.17, 15) is 9.90 Å². The number of anilines is 2. The molecule has 3 aromatic rings. The molecule has 0 radical (unpaired) electrons. The average Bonchev–Trinajstić information content (AvgIpc) is 3.64. The molecule has 6 rings (SSSR count). The third kappa shape index (κ3) is 5.07. The first-order valence-electron chi connectivity index (χ1n) is 15.5. The molecular formula is C37H38ClN3O4S. The van der Waals surface area contributed by atoms with E-state index in [1.807, 2.05) is 66.7 Å². The molecule has 0 saturated carbocycles. The van der Waals surface area contributed by atoms with Gasteiger partial charge >= 0.3 is 0 Å². The zero-order valence-corrected chi connectivity index (χ0v) is 27.4. The van der Waals surface area contributed by atoms with Gasteiger partial charge in [-0.15, -0.1) is 24.9 Å². The van der Waals surface area contributed by atoms with Gasteiger partial charge < -0.3 is 19.8 Å². The number of carbonyl (C=O) groups is 3. The average molecular weight is 656 g/mol. The maximum Gasteiger partial charge on any atom is 0.251 e. The van der Waals surface area contributed by atoms with E-state index in [0.29, 0.717) is 29.1 Å². The number of para-hydroxylation sites is 2. The first-order chi connectivity index (χ1) is 22.2. The molecule has 3 aliphatic rings. The summed E-state index contributed by atoms with van der Waals surface area (Å²) in [6.45, 7) is 9.92. The number of thioether (sulfide) groups is 1. The van der Waals surface area contributed by atoms with E-state index in [1.54, 1.807) is 56.8 Å². The molecule has 3 aromatic carbocycles. The highest BCUT2D eigenvalue weighted by Gasteiger charge is 2.78. The molecule has 3 saturated heterocycles.